The molecule has 92 valence electrons. The van der Waals surface area contributed by atoms with Gasteiger partial charge in [0.1, 0.15) is 6.54 Å². The molecule has 3 rings (SSSR count). The van der Waals surface area contributed by atoms with Crippen LogP contribution in [-0.2, 0) is 0 Å². The number of benzene rings is 1. The average molecular weight is 249 g/mol. The van der Waals surface area contributed by atoms with Crippen molar-refractivity contribution in [3.05, 3.63) is 42.9 Å². The summed E-state index contributed by atoms with van der Waals surface area (Å²) in [6.07, 6.45) is 5.45. The fraction of sp³-hybridized carbons (Fsp3) is 0.0714. The standard InChI is InChI=1S/C14H11N5/c15-5-6-16-14-18-7-10(8-19-14)12-9-17-13-4-2-1-3-11(12)13/h1-4,7-9,17H,6H2,(H,16,18,19). The molecule has 0 radical (unpaired) electrons. The molecule has 0 aliphatic carbocycles. The summed E-state index contributed by atoms with van der Waals surface area (Å²) in [6, 6.07) is 10.1. The Morgan fingerprint density at radius 3 is 2.79 bits per heavy atom. The number of para-hydroxylation sites is 1. The highest BCUT2D eigenvalue weighted by Crippen LogP contribution is 2.27. The Bertz CT molecular complexity index is 736. The molecule has 0 amide bonds. The van der Waals surface area contributed by atoms with E-state index in [1.54, 1.807) is 12.4 Å². The largest absolute Gasteiger partial charge is 0.361 e. The van der Waals surface area contributed by atoms with E-state index in [1.807, 2.05) is 30.5 Å². The highest BCUT2D eigenvalue weighted by Gasteiger charge is 2.06. The van der Waals surface area contributed by atoms with E-state index in [0.29, 0.717) is 5.95 Å². The Kier molecular flexibility index (Phi) is 2.83. The Balaban J connectivity index is 1.96. The Labute approximate surface area is 109 Å². The lowest BCUT2D eigenvalue weighted by atomic mass is 10.1. The first-order valence-corrected chi connectivity index (χ1v) is 5.88. The molecule has 0 aliphatic rings. The molecule has 0 saturated carbocycles. The van der Waals surface area contributed by atoms with Crippen LogP contribution in [0.25, 0.3) is 22.0 Å². The van der Waals surface area contributed by atoms with Crippen LogP contribution in [0.3, 0.4) is 0 Å². The van der Waals surface area contributed by atoms with Crippen LogP contribution in [0.4, 0.5) is 5.95 Å². The summed E-state index contributed by atoms with van der Waals surface area (Å²) < 4.78 is 0. The van der Waals surface area contributed by atoms with Crippen molar-refractivity contribution in [3.8, 4) is 17.2 Å². The van der Waals surface area contributed by atoms with E-state index >= 15 is 0 Å². The maximum atomic E-state index is 8.48. The zero-order valence-electron chi connectivity index (χ0n) is 10.1. The molecule has 0 spiro atoms. The van der Waals surface area contributed by atoms with Gasteiger partial charge in [-0.25, -0.2) is 9.97 Å². The first kappa shape index (κ1) is 11.2. The van der Waals surface area contributed by atoms with Crippen molar-refractivity contribution in [1.82, 2.24) is 15.0 Å². The van der Waals surface area contributed by atoms with E-state index in [4.69, 9.17) is 5.26 Å². The monoisotopic (exact) mass is 249 g/mol. The van der Waals surface area contributed by atoms with Gasteiger partial charge in [0.05, 0.1) is 6.07 Å². The Morgan fingerprint density at radius 2 is 2.00 bits per heavy atom. The number of hydrogen-bond donors (Lipinski definition) is 2. The van der Waals surface area contributed by atoms with Gasteiger partial charge < -0.3 is 10.3 Å². The van der Waals surface area contributed by atoms with E-state index in [2.05, 4.69) is 26.3 Å². The second kappa shape index (κ2) is 4.78. The number of aromatic amines is 1. The summed E-state index contributed by atoms with van der Waals surface area (Å²) >= 11 is 0. The van der Waals surface area contributed by atoms with Crippen LogP contribution in [0.15, 0.2) is 42.9 Å². The molecular formula is C14H11N5. The quantitative estimate of drug-likeness (QED) is 0.699. The topological polar surface area (TPSA) is 77.4 Å². The molecule has 2 heterocycles. The SMILES string of the molecule is N#CCNc1ncc(-c2c[nH]c3ccccc23)cn1. The lowest BCUT2D eigenvalue weighted by molar-refractivity contribution is 1.12. The van der Waals surface area contributed by atoms with E-state index in [9.17, 15) is 0 Å². The van der Waals surface area contributed by atoms with Crippen LogP contribution < -0.4 is 5.32 Å². The normalized spacial score (nSPS) is 10.3. The molecule has 0 atom stereocenters. The molecular weight excluding hydrogens is 238 g/mol. The van der Waals surface area contributed by atoms with Crippen LogP contribution in [-0.4, -0.2) is 21.5 Å². The van der Waals surface area contributed by atoms with Gasteiger partial charge in [0.2, 0.25) is 5.95 Å². The van der Waals surface area contributed by atoms with Gasteiger partial charge in [-0.1, -0.05) is 18.2 Å². The molecule has 0 bridgehead atoms. The van der Waals surface area contributed by atoms with Crippen LogP contribution in [0.5, 0.6) is 0 Å². The summed E-state index contributed by atoms with van der Waals surface area (Å²) in [4.78, 5) is 11.6. The highest BCUT2D eigenvalue weighted by atomic mass is 15.1. The second-order valence-electron chi connectivity index (χ2n) is 4.05. The summed E-state index contributed by atoms with van der Waals surface area (Å²) in [5.74, 6) is 0.463. The van der Waals surface area contributed by atoms with Gasteiger partial charge in [-0.15, -0.1) is 0 Å². The van der Waals surface area contributed by atoms with Gasteiger partial charge in [0.25, 0.3) is 0 Å². The molecule has 5 heteroatoms. The molecule has 0 saturated heterocycles. The van der Waals surface area contributed by atoms with Crippen molar-refractivity contribution in [3.63, 3.8) is 0 Å². The van der Waals surface area contributed by atoms with Crippen molar-refractivity contribution in [2.24, 2.45) is 0 Å². The summed E-state index contributed by atoms with van der Waals surface area (Å²) in [7, 11) is 0. The van der Waals surface area contributed by atoms with Crippen LogP contribution in [0.1, 0.15) is 0 Å². The highest BCUT2D eigenvalue weighted by molar-refractivity contribution is 5.95. The van der Waals surface area contributed by atoms with Crippen LogP contribution >= 0.6 is 0 Å². The first-order valence-electron chi connectivity index (χ1n) is 5.88. The van der Waals surface area contributed by atoms with Crippen LogP contribution in [0.2, 0.25) is 0 Å². The number of nitriles is 1. The third kappa shape index (κ3) is 2.11. The number of anilines is 1. The lowest BCUT2D eigenvalue weighted by Crippen LogP contribution is -2.02. The van der Waals surface area contributed by atoms with E-state index in [1.165, 1.54) is 0 Å². The number of aromatic nitrogens is 3. The molecule has 0 unspecified atom stereocenters. The maximum absolute atomic E-state index is 8.48. The summed E-state index contributed by atoms with van der Waals surface area (Å²) in [5, 5.41) is 12.4. The lowest BCUT2D eigenvalue weighted by Gasteiger charge is -2.01. The first-order chi connectivity index (χ1) is 9.38. The summed E-state index contributed by atoms with van der Waals surface area (Å²) in [5.41, 5.74) is 3.10. The third-order valence-corrected chi connectivity index (χ3v) is 2.88. The smallest absolute Gasteiger partial charge is 0.223 e. The Morgan fingerprint density at radius 1 is 1.21 bits per heavy atom. The van der Waals surface area contributed by atoms with E-state index in [-0.39, 0.29) is 6.54 Å². The van der Waals surface area contributed by atoms with Gasteiger partial charge in [-0.05, 0) is 6.07 Å². The predicted molar refractivity (Wildman–Crippen MR) is 73.4 cm³/mol. The molecule has 2 aromatic heterocycles. The molecule has 0 fully saturated rings. The van der Waals surface area contributed by atoms with Gasteiger partial charge in [0.15, 0.2) is 0 Å². The molecule has 1 aromatic carbocycles. The summed E-state index contributed by atoms with van der Waals surface area (Å²) in [6.45, 7) is 0.201. The Hall–Kier alpha value is -2.87. The molecule has 3 aromatic rings. The van der Waals surface area contributed by atoms with Crippen molar-refractivity contribution in [2.75, 3.05) is 11.9 Å². The molecule has 19 heavy (non-hydrogen) atoms. The van der Waals surface area contributed by atoms with Gasteiger partial charge in [-0.3, -0.25) is 0 Å². The number of H-pyrrole nitrogens is 1. The average Bonchev–Trinajstić information content (AvgIpc) is 2.90. The zero-order chi connectivity index (χ0) is 13.1. The van der Waals surface area contributed by atoms with Gasteiger partial charge >= 0.3 is 0 Å². The molecule has 2 N–H and O–H groups in total. The van der Waals surface area contributed by atoms with Gasteiger partial charge in [-0.2, -0.15) is 5.26 Å². The van der Waals surface area contributed by atoms with Crippen LogP contribution in [0, 0.1) is 11.3 Å². The number of fused-ring (bicyclic) bond motifs is 1. The number of hydrogen-bond acceptors (Lipinski definition) is 4. The minimum atomic E-state index is 0.201. The molecule has 5 nitrogen and oxygen atoms in total. The van der Waals surface area contributed by atoms with Crippen molar-refractivity contribution < 1.29 is 0 Å². The minimum Gasteiger partial charge on any atom is -0.361 e. The zero-order valence-corrected chi connectivity index (χ0v) is 10.1. The fourth-order valence-electron chi connectivity index (χ4n) is 1.99. The minimum absolute atomic E-state index is 0.201. The maximum Gasteiger partial charge on any atom is 0.223 e. The predicted octanol–water partition coefficient (Wildman–Crippen LogP) is 2.56. The molecule has 0 aliphatic heterocycles. The number of rotatable bonds is 3. The van der Waals surface area contributed by atoms with Crippen molar-refractivity contribution >= 4 is 16.9 Å². The number of nitrogens with one attached hydrogen (secondary N) is 2. The second-order valence-corrected chi connectivity index (χ2v) is 4.05. The number of nitrogens with zero attached hydrogens (tertiary/aromatic N) is 3. The van der Waals surface area contributed by atoms with Crippen molar-refractivity contribution in [1.29, 1.82) is 5.26 Å². The third-order valence-electron chi connectivity index (χ3n) is 2.88. The van der Waals surface area contributed by atoms with Gasteiger partial charge in [0, 0.05) is 40.6 Å². The van der Waals surface area contributed by atoms with Crippen molar-refractivity contribution in [2.45, 2.75) is 0 Å². The fourth-order valence-corrected chi connectivity index (χ4v) is 1.99. The van der Waals surface area contributed by atoms with E-state index < -0.39 is 0 Å². The van der Waals surface area contributed by atoms with E-state index in [0.717, 1.165) is 22.0 Å².